The highest BCUT2D eigenvalue weighted by Gasteiger charge is 2.08. The molecule has 1 aromatic carbocycles. The number of thioether (sulfide) groups is 1. The lowest BCUT2D eigenvalue weighted by Crippen LogP contribution is -2.25. The van der Waals surface area contributed by atoms with Crippen molar-refractivity contribution in [2.45, 2.75) is 24.0 Å². The fourth-order valence-corrected chi connectivity index (χ4v) is 2.77. The molecule has 0 saturated heterocycles. The summed E-state index contributed by atoms with van der Waals surface area (Å²) in [6.45, 7) is 0.475. The zero-order chi connectivity index (χ0) is 15.6. The molecule has 116 valence electrons. The minimum absolute atomic E-state index is 0.00342. The number of carbonyl (C=O) groups excluding carboxylic acids is 1. The van der Waals surface area contributed by atoms with Gasteiger partial charge in [-0.2, -0.15) is 0 Å². The number of hydrogen-bond donors (Lipinski definition) is 2. The van der Waals surface area contributed by atoms with Gasteiger partial charge in [0.05, 0.1) is 11.1 Å². The summed E-state index contributed by atoms with van der Waals surface area (Å²) in [5.74, 6) is 0.702. The highest BCUT2D eigenvalue weighted by molar-refractivity contribution is 7.99. The van der Waals surface area contributed by atoms with E-state index >= 15 is 0 Å². The summed E-state index contributed by atoms with van der Waals surface area (Å²) in [4.78, 5) is 15.9. The number of hydrogen-bond acceptors (Lipinski definition) is 4. The molecule has 5 heteroatoms. The summed E-state index contributed by atoms with van der Waals surface area (Å²) in [6.07, 6.45) is 2.17. The molecular weight excluding hydrogens is 296 g/mol. The Morgan fingerprint density at radius 2 is 1.95 bits per heavy atom. The van der Waals surface area contributed by atoms with Gasteiger partial charge in [-0.25, -0.2) is 4.98 Å². The van der Waals surface area contributed by atoms with Crippen LogP contribution in [0, 0.1) is 0 Å². The fraction of sp³-hybridized carbons (Fsp3) is 0.294. The van der Waals surface area contributed by atoms with Gasteiger partial charge >= 0.3 is 0 Å². The monoisotopic (exact) mass is 316 g/mol. The first-order chi connectivity index (χ1) is 10.8. The standard InChI is InChI=1S/C17H20N2O2S/c20-15(14-6-2-1-3-7-14)9-12-18-16(21)10-13-22-17-8-4-5-11-19-17/h1-8,11,15,20H,9-10,12-13H2,(H,18,21). The van der Waals surface area contributed by atoms with E-state index in [0.29, 0.717) is 25.1 Å². The second kappa shape index (κ2) is 9.23. The lowest BCUT2D eigenvalue weighted by atomic mass is 10.1. The van der Waals surface area contributed by atoms with Crippen molar-refractivity contribution in [2.24, 2.45) is 0 Å². The molecule has 22 heavy (non-hydrogen) atoms. The summed E-state index contributed by atoms with van der Waals surface area (Å²) in [5.41, 5.74) is 0.877. The average Bonchev–Trinajstić information content (AvgIpc) is 2.56. The molecule has 0 aliphatic carbocycles. The van der Waals surface area contributed by atoms with Crippen LogP contribution < -0.4 is 5.32 Å². The van der Waals surface area contributed by atoms with E-state index < -0.39 is 6.10 Å². The average molecular weight is 316 g/mol. The largest absolute Gasteiger partial charge is 0.388 e. The summed E-state index contributed by atoms with van der Waals surface area (Å²) in [7, 11) is 0. The molecule has 0 fully saturated rings. The van der Waals surface area contributed by atoms with Gasteiger partial charge in [-0.15, -0.1) is 11.8 Å². The molecule has 0 radical (unpaired) electrons. The van der Waals surface area contributed by atoms with E-state index in [0.717, 1.165) is 10.6 Å². The van der Waals surface area contributed by atoms with E-state index in [9.17, 15) is 9.90 Å². The van der Waals surface area contributed by atoms with Gasteiger partial charge in [0.15, 0.2) is 0 Å². The van der Waals surface area contributed by atoms with E-state index in [1.165, 1.54) is 0 Å². The van der Waals surface area contributed by atoms with Crippen LogP contribution in [0.5, 0.6) is 0 Å². The molecule has 1 amide bonds. The lowest BCUT2D eigenvalue weighted by Gasteiger charge is -2.11. The van der Waals surface area contributed by atoms with Crippen LogP contribution in [-0.4, -0.2) is 28.3 Å². The van der Waals surface area contributed by atoms with E-state index in [1.54, 1.807) is 18.0 Å². The Morgan fingerprint density at radius 3 is 2.68 bits per heavy atom. The number of amides is 1. The third-order valence-electron chi connectivity index (χ3n) is 3.14. The molecule has 0 aliphatic heterocycles. The summed E-state index contributed by atoms with van der Waals surface area (Å²) < 4.78 is 0. The van der Waals surface area contributed by atoms with Crippen LogP contribution in [0.4, 0.5) is 0 Å². The van der Waals surface area contributed by atoms with E-state index in [-0.39, 0.29) is 5.91 Å². The van der Waals surface area contributed by atoms with Crippen molar-refractivity contribution in [3.05, 3.63) is 60.3 Å². The molecular formula is C17H20N2O2S. The van der Waals surface area contributed by atoms with Crippen LogP contribution in [0.25, 0.3) is 0 Å². The normalized spacial score (nSPS) is 11.9. The molecule has 0 spiro atoms. The zero-order valence-electron chi connectivity index (χ0n) is 12.3. The van der Waals surface area contributed by atoms with Crippen molar-refractivity contribution in [1.82, 2.24) is 10.3 Å². The molecule has 2 N–H and O–H groups in total. The van der Waals surface area contributed by atoms with Crippen molar-refractivity contribution in [2.75, 3.05) is 12.3 Å². The number of aromatic nitrogens is 1. The Labute approximate surface area is 135 Å². The van der Waals surface area contributed by atoms with Crippen LogP contribution in [-0.2, 0) is 4.79 Å². The number of nitrogens with one attached hydrogen (secondary N) is 1. The summed E-state index contributed by atoms with van der Waals surface area (Å²) >= 11 is 1.56. The molecule has 2 rings (SSSR count). The van der Waals surface area contributed by atoms with Crippen LogP contribution in [0.1, 0.15) is 24.5 Å². The van der Waals surface area contributed by atoms with Crippen LogP contribution in [0.3, 0.4) is 0 Å². The van der Waals surface area contributed by atoms with Gasteiger partial charge in [-0.3, -0.25) is 4.79 Å². The maximum atomic E-state index is 11.7. The second-order valence-corrected chi connectivity index (χ2v) is 5.95. The van der Waals surface area contributed by atoms with Crippen molar-refractivity contribution >= 4 is 17.7 Å². The van der Waals surface area contributed by atoms with Crippen molar-refractivity contribution < 1.29 is 9.90 Å². The Kier molecular flexibility index (Phi) is 6.93. The topological polar surface area (TPSA) is 62.2 Å². The maximum absolute atomic E-state index is 11.7. The van der Waals surface area contributed by atoms with Gasteiger partial charge in [0.1, 0.15) is 0 Å². The van der Waals surface area contributed by atoms with E-state index in [1.807, 2.05) is 48.5 Å². The Bertz CT molecular complexity index is 563. The minimum atomic E-state index is -0.538. The quantitative estimate of drug-likeness (QED) is 0.735. The maximum Gasteiger partial charge on any atom is 0.220 e. The third-order valence-corrected chi connectivity index (χ3v) is 4.09. The first-order valence-electron chi connectivity index (χ1n) is 7.29. The smallest absolute Gasteiger partial charge is 0.220 e. The molecule has 1 atom stereocenters. The Morgan fingerprint density at radius 1 is 1.18 bits per heavy atom. The first-order valence-corrected chi connectivity index (χ1v) is 8.28. The SMILES string of the molecule is O=C(CCSc1ccccn1)NCCC(O)c1ccccc1. The fourth-order valence-electron chi connectivity index (χ4n) is 1.96. The minimum Gasteiger partial charge on any atom is -0.388 e. The zero-order valence-corrected chi connectivity index (χ0v) is 13.1. The highest BCUT2D eigenvalue weighted by Crippen LogP contribution is 2.16. The van der Waals surface area contributed by atoms with Gasteiger partial charge in [0, 0.05) is 24.9 Å². The molecule has 2 aromatic rings. The number of aliphatic hydroxyl groups excluding tert-OH is 1. The predicted octanol–water partition coefficient (Wildman–Crippen LogP) is 2.80. The second-order valence-electron chi connectivity index (χ2n) is 4.83. The molecule has 0 aliphatic rings. The number of rotatable bonds is 8. The number of benzene rings is 1. The molecule has 1 aromatic heterocycles. The lowest BCUT2D eigenvalue weighted by molar-refractivity contribution is -0.120. The van der Waals surface area contributed by atoms with Gasteiger partial charge in [-0.05, 0) is 24.1 Å². The van der Waals surface area contributed by atoms with Gasteiger partial charge in [-0.1, -0.05) is 36.4 Å². The van der Waals surface area contributed by atoms with Crippen molar-refractivity contribution in [3.8, 4) is 0 Å². The Hall–Kier alpha value is -1.85. The highest BCUT2D eigenvalue weighted by atomic mass is 32.2. The third kappa shape index (κ3) is 5.87. The molecule has 1 heterocycles. The van der Waals surface area contributed by atoms with Crippen LogP contribution >= 0.6 is 11.8 Å². The summed E-state index contributed by atoms with van der Waals surface area (Å²) in [5, 5.41) is 13.8. The van der Waals surface area contributed by atoms with Gasteiger partial charge in [0.25, 0.3) is 0 Å². The van der Waals surface area contributed by atoms with Crippen molar-refractivity contribution in [3.63, 3.8) is 0 Å². The number of carbonyl (C=O) groups is 1. The number of nitrogens with zero attached hydrogens (tertiary/aromatic N) is 1. The van der Waals surface area contributed by atoms with Crippen LogP contribution in [0.15, 0.2) is 59.8 Å². The predicted molar refractivity (Wildman–Crippen MR) is 88.6 cm³/mol. The van der Waals surface area contributed by atoms with Crippen molar-refractivity contribution in [1.29, 1.82) is 0 Å². The van der Waals surface area contributed by atoms with Gasteiger partial charge in [0.2, 0.25) is 5.91 Å². The van der Waals surface area contributed by atoms with Gasteiger partial charge < -0.3 is 10.4 Å². The summed E-state index contributed by atoms with van der Waals surface area (Å²) in [6, 6.07) is 15.2. The van der Waals surface area contributed by atoms with E-state index in [2.05, 4.69) is 10.3 Å². The molecule has 0 saturated carbocycles. The van der Waals surface area contributed by atoms with Crippen LogP contribution in [0.2, 0.25) is 0 Å². The molecule has 4 nitrogen and oxygen atoms in total. The number of pyridine rings is 1. The Balaban J connectivity index is 1.60. The molecule has 0 bridgehead atoms. The first kappa shape index (κ1) is 16.5. The molecule has 1 unspecified atom stereocenters. The number of aliphatic hydroxyl groups is 1. The van der Waals surface area contributed by atoms with E-state index in [4.69, 9.17) is 0 Å².